The lowest BCUT2D eigenvalue weighted by atomic mass is 10.4. The molecule has 0 aromatic heterocycles. The van der Waals surface area contributed by atoms with E-state index in [1.807, 2.05) is 0 Å². The Kier molecular flexibility index (Phi) is 0.558. The predicted octanol–water partition coefficient (Wildman–Crippen LogP) is -0.547. The minimum absolute atomic E-state index is 0.0521. The van der Waals surface area contributed by atoms with Crippen LogP contribution < -0.4 is 5.32 Å². The molecule has 1 N–H and O–H groups in total. The number of nitrogens with one attached hydrogen (secondary N) is 1. The second kappa shape index (κ2) is 3.02. The van der Waals surface area contributed by atoms with Gasteiger partial charge in [-0.15, -0.1) is 0 Å². The summed E-state index contributed by atoms with van der Waals surface area (Å²) in [4.78, 5) is 4.46. The van der Waals surface area contributed by atoms with Gasteiger partial charge in [-0.1, -0.05) is 0 Å². The molecule has 3 heteroatoms. The van der Waals surface area contributed by atoms with E-state index in [9.17, 15) is 0 Å². The summed E-state index contributed by atoms with van der Waals surface area (Å²) >= 11 is 0. The molecule has 0 saturated carbocycles. The quantitative estimate of drug-likeness (QED) is 0.508. The lowest BCUT2D eigenvalue weighted by molar-refractivity contribution is -0.136. The Balaban J connectivity index is 3.29. The van der Waals surface area contributed by atoms with E-state index in [2.05, 4.69) is 4.84 Å². The highest BCUT2D eigenvalue weighted by Crippen LogP contribution is 1.88. The Morgan fingerprint density at radius 1 is 1.62 bits per heavy atom. The van der Waals surface area contributed by atoms with Crippen molar-refractivity contribution in [3.05, 3.63) is 0 Å². The fourth-order valence-corrected chi connectivity index (χ4v) is 0.308. The van der Waals surface area contributed by atoms with E-state index in [0.717, 1.165) is 7.11 Å². The molecule has 3 nitrogen and oxygen atoms in total. The SMILES string of the molecule is [2H]C1([2H])NC([2H])([2H])C([2H])([2H])N(OC)C1([2H])[2H]. The van der Waals surface area contributed by atoms with Crippen LogP contribution >= 0.6 is 0 Å². The van der Waals surface area contributed by atoms with Gasteiger partial charge in [0.1, 0.15) is 0 Å². The molecule has 0 aromatic rings. The highest BCUT2D eigenvalue weighted by molar-refractivity contribution is 4.59. The number of hydroxylamine groups is 2. The predicted molar refractivity (Wildman–Crippen MR) is 31.5 cm³/mol. The van der Waals surface area contributed by atoms with E-state index in [1.165, 1.54) is 0 Å². The monoisotopic (exact) mass is 124 g/mol. The third-order valence-electron chi connectivity index (χ3n) is 0.622. The fraction of sp³-hybridized carbons (Fsp3) is 1.00. The number of piperazine rings is 1. The Morgan fingerprint density at radius 2 is 2.25 bits per heavy atom. The maximum absolute atomic E-state index is 7.44. The molecule has 0 amide bonds. The lowest BCUT2D eigenvalue weighted by Crippen LogP contribution is -2.42. The summed E-state index contributed by atoms with van der Waals surface area (Å²) in [7, 11) is 0.952. The average molecular weight is 124 g/mol. The van der Waals surface area contributed by atoms with Gasteiger partial charge in [0.05, 0.1) is 7.11 Å². The van der Waals surface area contributed by atoms with E-state index in [0.29, 0.717) is 0 Å². The van der Waals surface area contributed by atoms with Gasteiger partial charge in [-0.05, 0) is 0 Å². The van der Waals surface area contributed by atoms with E-state index in [-0.39, 0.29) is 5.06 Å². The van der Waals surface area contributed by atoms with Gasteiger partial charge in [-0.3, -0.25) is 0 Å². The number of hydrogen-bond donors (Lipinski definition) is 1. The van der Waals surface area contributed by atoms with Gasteiger partial charge in [-0.25, -0.2) is 0 Å². The highest BCUT2D eigenvalue weighted by atomic mass is 16.7. The van der Waals surface area contributed by atoms with Gasteiger partial charge in [-0.2, -0.15) is 5.06 Å². The molecular weight excluding hydrogens is 104 g/mol. The van der Waals surface area contributed by atoms with Crippen molar-refractivity contribution >= 4 is 0 Å². The van der Waals surface area contributed by atoms with Crippen LogP contribution in [-0.2, 0) is 4.84 Å². The first kappa shape index (κ1) is 1.48. The molecule has 1 heterocycles. The molecule has 0 aliphatic carbocycles. The van der Waals surface area contributed by atoms with Gasteiger partial charge >= 0.3 is 0 Å². The molecule has 1 aliphatic heterocycles. The molecule has 0 spiro atoms. The third kappa shape index (κ3) is 1.43. The summed E-state index contributed by atoms with van der Waals surface area (Å²) in [6, 6.07) is 0. The van der Waals surface area contributed by atoms with Crippen molar-refractivity contribution in [3.63, 3.8) is 0 Å². The van der Waals surface area contributed by atoms with Crippen molar-refractivity contribution in [2.24, 2.45) is 0 Å². The summed E-state index contributed by atoms with van der Waals surface area (Å²) in [5, 5.41) is 1.72. The molecule has 0 aromatic carbocycles. The second-order valence-corrected chi connectivity index (χ2v) is 1.08. The zero-order chi connectivity index (χ0) is 13.0. The number of hydrogen-bond acceptors (Lipinski definition) is 3. The molecule has 0 bridgehead atoms. The largest absolute Gasteiger partial charge is 0.314 e. The number of rotatable bonds is 1. The van der Waals surface area contributed by atoms with E-state index < -0.39 is 26.0 Å². The lowest BCUT2D eigenvalue weighted by Gasteiger charge is -2.24. The van der Waals surface area contributed by atoms with E-state index in [1.54, 1.807) is 5.32 Å². The summed E-state index contributed by atoms with van der Waals surface area (Å²) in [5.41, 5.74) is 0. The van der Waals surface area contributed by atoms with Crippen molar-refractivity contribution in [3.8, 4) is 0 Å². The summed E-state index contributed by atoms with van der Waals surface area (Å²) in [5.74, 6) is 0. The van der Waals surface area contributed by atoms with Crippen LogP contribution in [0.25, 0.3) is 0 Å². The van der Waals surface area contributed by atoms with Crippen LogP contribution in [0.1, 0.15) is 11.0 Å². The summed E-state index contributed by atoms with van der Waals surface area (Å²) < 4.78 is 59.2. The average Bonchev–Trinajstić information content (AvgIpc) is 1.99. The van der Waals surface area contributed by atoms with Crippen molar-refractivity contribution in [2.45, 2.75) is 0 Å². The molecule has 8 heavy (non-hydrogen) atoms. The van der Waals surface area contributed by atoms with E-state index >= 15 is 0 Å². The van der Waals surface area contributed by atoms with E-state index in [4.69, 9.17) is 11.0 Å². The zero-order valence-corrected chi connectivity index (χ0v) is 4.36. The van der Waals surface area contributed by atoms with Crippen LogP contribution in [0.2, 0.25) is 0 Å². The van der Waals surface area contributed by atoms with Crippen molar-refractivity contribution < 1.29 is 15.8 Å². The summed E-state index contributed by atoms with van der Waals surface area (Å²) in [6.45, 7) is -11.3. The van der Waals surface area contributed by atoms with Crippen molar-refractivity contribution in [1.82, 2.24) is 10.4 Å². The minimum Gasteiger partial charge on any atom is -0.314 e. The van der Waals surface area contributed by atoms with Gasteiger partial charge < -0.3 is 10.2 Å². The zero-order valence-electron chi connectivity index (χ0n) is 12.4. The first-order valence-electron chi connectivity index (χ1n) is 6.04. The Bertz CT molecular complexity index is 266. The molecule has 48 valence electrons. The first-order valence-corrected chi connectivity index (χ1v) is 2.04. The topological polar surface area (TPSA) is 24.5 Å². The Hall–Kier alpha value is -0.120. The first-order chi connectivity index (χ1) is 6.90. The molecule has 0 atom stereocenters. The van der Waals surface area contributed by atoms with Crippen LogP contribution in [0.15, 0.2) is 0 Å². The van der Waals surface area contributed by atoms with Crippen molar-refractivity contribution in [1.29, 1.82) is 0 Å². The molecule has 1 saturated heterocycles. The molecule has 1 aliphatic rings. The Labute approximate surface area is 60.8 Å². The Morgan fingerprint density at radius 3 is 2.75 bits per heavy atom. The summed E-state index contributed by atoms with van der Waals surface area (Å²) in [6.07, 6.45) is 0. The van der Waals surface area contributed by atoms with Gasteiger partial charge in [0.15, 0.2) is 0 Å². The second-order valence-electron chi connectivity index (χ2n) is 1.08. The minimum atomic E-state index is -2.85. The number of nitrogens with zero attached hydrogens (tertiary/aromatic N) is 1. The fourth-order valence-electron chi connectivity index (χ4n) is 0.308. The molecule has 0 radical (unpaired) electrons. The maximum atomic E-state index is 7.44. The van der Waals surface area contributed by atoms with Crippen LogP contribution in [0, 0.1) is 0 Å². The molecular formula is C5H12N2O. The van der Waals surface area contributed by atoms with Gasteiger partial charge in [0, 0.05) is 37.0 Å². The highest BCUT2D eigenvalue weighted by Gasteiger charge is 2.06. The molecule has 1 fully saturated rings. The van der Waals surface area contributed by atoms with Gasteiger partial charge in [0.2, 0.25) is 0 Å². The van der Waals surface area contributed by atoms with Crippen LogP contribution in [0.4, 0.5) is 0 Å². The van der Waals surface area contributed by atoms with Crippen LogP contribution in [0.5, 0.6) is 0 Å². The van der Waals surface area contributed by atoms with Crippen LogP contribution in [-0.4, -0.2) is 38.2 Å². The normalized spacial score (nSPS) is 63.6. The van der Waals surface area contributed by atoms with Crippen LogP contribution in [0.3, 0.4) is 0 Å². The molecule has 1 rings (SSSR count). The third-order valence-corrected chi connectivity index (χ3v) is 0.622. The maximum Gasteiger partial charge on any atom is 0.0575 e. The van der Waals surface area contributed by atoms with Gasteiger partial charge in [0.25, 0.3) is 0 Å². The smallest absolute Gasteiger partial charge is 0.0575 e. The standard InChI is InChI=1S/C5H12N2O/c1-8-7-4-2-6-3-5-7/h6H,2-5H2,1H3/i2D2,3D2,4D2,5D2. The van der Waals surface area contributed by atoms with Crippen molar-refractivity contribution in [2.75, 3.05) is 33.1 Å². The molecule has 0 unspecified atom stereocenters.